The van der Waals surface area contributed by atoms with E-state index in [0.717, 1.165) is 19.3 Å². The van der Waals surface area contributed by atoms with E-state index in [1.807, 2.05) is 24.3 Å². The Morgan fingerprint density at radius 2 is 1.57 bits per heavy atom. The van der Waals surface area contributed by atoms with Crippen LogP contribution in [0.1, 0.15) is 62.0 Å². The lowest BCUT2D eigenvalue weighted by molar-refractivity contribution is -0.141. The number of carboxylic acid groups (broad SMARTS) is 1. The fraction of sp³-hybridized carbons (Fsp3) is 0.464. The Balaban J connectivity index is 1.13. The molecule has 0 spiro atoms. The van der Waals surface area contributed by atoms with E-state index in [4.69, 9.17) is 9.84 Å². The second-order valence-electron chi connectivity index (χ2n) is 10.1. The number of nitrogens with one attached hydrogen (secondary N) is 2. The maximum atomic E-state index is 12.7. The number of ether oxygens (including phenoxy) is 1. The van der Waals surface area contributed by atoms with Crippen molar-refractivity contribution >= 4 is 18.0 Å². The highest BCUT2D eigenvalue weighted by atomic mass is 16.5. The molecule has 2 amide bonds. The molecule has 35 heavy (non-hydrogen) atoms. The summed E-state index contributed by atoms with van der Waals surface area (Å²) in [6.07, 6.45) is 4.36. The van der Waals surface area contributed by atoms with Crippen molar-refractivity contribution in [1.29, 1.82) is 0 Å². The van der Waals surface area contributed by atoms with Gasteiger partial charge in [0.05, 0.1) is 5.92 Å². The number of benzene rings is 2. The third-order valence-corrected chi connectivity index (χ3v) is 7.90. The van der Waals surface area contributed by atoms with Gasteiger partial charge >= 0.3 is 12.1 Å². The molecule has 0 radical (unpaired) electrons. The fourth-order valence-corrected chi connectivity index (χ4v) is 6.12. The van der Waals surface area contributed by atoms with Crippen molar-refractivity contribution in [1.82, 2.24) is 10.6 Å². The van der Waals surface area contributed by atoms with Crippen LogP contribution in [0.5, 0.6) is 0 Å². The number of amides is 2. The Labute approximate surface area is 205 Å². The fourth-order valence-electron chi connectivity index (χ4n) is 6.12. The van der Waals surface area contributed by atoms with E-state index in [0.29, 0.717) is 25.7 Å². The lowest BCUT2D eigenvalue weighted by Crippen LogP contribution is -2.41. The Morgan fingerprint density at radius 3 is 2.23 bits per heavy atom. The van der Waals surface area contributed by atoms with Gasteiger partial charge in [0, 0.05) is 24.4 Å². The smallest absolute Gasteiger partial charge is 0.407 e. The zero-order chi connectivity index (χ0) is 24.4. The number of hydrogen-bond acceptors (Lipinski definition) is 4. The van der Waals surface area contributed by atoms with Crippen LogP contribution in [-0.4, -0.2) is 41.8 Å². The summed E-state index contributed by atoms with van der Waals surface area (Å²) in [6.45, 7) is 0.268. The minimum Gasteiger partial charge on any atom is -0.481 e. The first kappa shape index (κ1) is 23.4. The number of carboxylic acids is 1. The molecular weight excluding hydrogens is 444 g/mol. The van der Waals surface area contributed by atoms with Crippen molar-refractivity contribution in [3.8, 4) is 11.1 Å². The van der Waals surface area contributed by atoms with E-state index in [-0.39, 0.29) is 42.4 Å². The van der Waals surface area contributed by atoms with Crippen molar-refractivity contribution in [2.24, 2.45) is 11.8 Å². The van der Waals surface area contributed by atoms with E-state index < -0.39 is 12.1 Å². The first-order valence-electron chi connectivity index (χ1n) is 12.6. The number of hydrogen-bond donors (Lipinski definition) is 3. The van der Waals surface area contributed by atoms with Crippen LogP contribution in [0.3, 0.4) is 0 Å². The summed E-state index contributed by atoms with van der Waals surface area (Å²) in [5.41, 5.74) is 4.73. The normalized spacial score (nSPS) is 25.0. The molecule has 0 unspecified atom stereocenters. The number of aliphatic carboxylic acids is 1. The van der Waals surface area contributed by atoms with Gasteiger partial charge in [-0.2, -0.15) is 0 Å². The second kappa shape index (κ2) is 10.1. The number of fused-ring (bicyclic) bond motifs is 3. The molecule has 7 nitrogen and oxygen atoms in total. The van der Waals surface area contributed by atoms with Crippen LogP contribution in [0.25, 0.3) is 11.1 Å². The van der Waals surface area contributed by atoms with Crippen molar-refractivity contribution in [2.75, 3.05) is 6.61 Å². The van der Waals surface area contributed by atoms with Gasteiger partial charge in [0.25, 0.3) is 0 Å². The van der Waals surface area contributed by atoms with Crippen LogP contribution in [0.15, 0.2) is 48.5 Å². The van der Waals surface area contributed by atoms with Gasteiger partial charge in [-0.3, -0.25) is 9.59 Å². The van der Waals surface area contributed by atoms with Crippen LogP contribution >= 0.6 is 0 Å². The molecule has 184 valence electrons. The predicted molar refractivity (Wildman–Crippen MR) is 131 cm³/mol. The first-order chi connectivity index (χ1) is 17.0. The summed E-state index contributed by atoms with van der Waals surface area (Å²) in [6, 6.07) is 16.3. The number of rotatable bonds is 7. The Hall–Kier alpha value is -3.35. The van der Waals surface area contributed by atoms with Gasteiger partial charge in [0.1, 0.15) is 6.61 Å². The SMILES string of the molecule is O=C(C[C@@H]1CCC[C@H]1NC(=O)OCC1c2ccccc2-c2ccccc21)N[C@H]1CC[C@@H](C(=O)O)C1. The summed E-state index contributed by atoms with van der Waals surface area (Å²) < 4.78 is 5.69. The highest BCUT2D eigenvalue weighted by molar-refractivity contribution is 5.79. The molecule has 0 aromatic heterocycles. The highest BCUT2D eigenvalue weighted by Crippen LogP contribution is 2.44. The lowest BCUT2D eigenvalue weighted by Gasteiger charge is -2.22. The molecule has 4 atom stereocenters. The summed E-state index contributed by atoms with van der Waals surface area (Å²) in [5, 5.41) is 15.2. The van der Waals surface area contributed by atoms with E-state index in [1.165, 1.54) is 22.3 Å². The van der Waals surface area contributed by atoms with Crippen LogP contribution in [-0.2, 0) is 14.3 Å². The standard InChI is InChI=1S/C28H32N2O5/c31-26(29-19-13-12-18(14-19)27(32)33)15-17-6-5-11-25(17)30-28(34)35-16-24-22-9-3-1-7-20(22)21-8-2-4-10-23(21)24/h1-4,7-10,17-19,24-25H,5-6,11-16H2,(H,29,31)(H,30,34)(H,32,33)/t17-,18+,19-,25+/m0/s1. The van der Waals surface area contributed by atoms with Gasteiger partial charge in [0.15, 0.2) is 0 Å². The molecule has 3 N–H and O–H groups in total. The Morgan fingerprint density at radius 1 is 0.886 bits per heavy atom. The summed E-state index contributed by atoms with van der Waals surface area (Å²) >= 11 is 0. The average Bonchev–Trinajstić information content (AvgIpc) is 3.56. The quantitative estimate of drug-likeness (QED) is 0.548. The van der Waals surface area contributed by atoms with Gasteiger partial charge in [-0.1, -0.05) is 55.0 Å². The maximum absolute atomic E-state index is 12.7. The molecular formula is C28H32N2O5. The van der Waals surface area contributed by atoms with E-state index in [2.05, 4.69) is 34.9 Å². The predicted octanol–water partition coefficient (Wildman–Crippen LogP) is 4.45. The van der Waals surface area contributed by atoms with Gasteiger partial charge in [-0.05, 0) is 60.3 Å². The van der Waals surface area contributed by atoms with Crippen LogP contribution in [0, 0.1) is 11.8 Å². The number of carbonyl (C=O) groups is 3. The molecule has 7 heteroatoms. The molecule has 0 bridgehead atoms. The van der Waals surface area contributed by atoms with Gasteiger partial charge < -0.3 is 20.5 Å². The molecule has 2 fully saturated rings. The monoisotopic (exact) mass is 476 g/mol. The third kappa shape index (κ3) is 5.04. The molecule has 2 aromatic rings. The summed E-state index contributed by atoms with van der Waals surface area (Å²) in [7, 11) is 0. The zero-order valence-corrected chi connectivity index (χ0v) is 19.7. The topological polar surface area (TPSA) is 105 Å². The number of carbonyl (C=O) groups excluding carboxylic acids is 2. The molecule has 3 aliphatic rings. The van der Waals surface area contributed by atoms with Gasteiger partial charge in [0.2, 0.25) is 5.91 Å². The van der Waals surface area contributed by atoms with Crippen molar-refractivity contribution in [3.05, 3.63) is 59.7 Å². The van der Waals surface area contributed by atoms with E-state index in [1.54, 1.807) is 0 Å². The Bertz CT molecular complexity index is 1070. The largest absolute Gasteiger partial charge is 0.481 e. The molecule has 3 aliphatic carbocycles. The van der Waals surface area contributed by atoms with Gasteiger partial charge in [-0.25, -0.2) is 4.79 Å². The lowest BCUT2D eigenvalue weighted by atomic mass is 9.98. The molecule has 5 rings (SSSR count). The van der Waals surface area contributed by atoms with E-state index in [9.17, 15) is 14.4 Å². The molecule has 0 saturated heterocycles. The van der Waals surface area contributed by atoms with Crippen LogP contribution in [0.2, 0.25) is 0 Å². The summed E-state index contributed by atoms with van der Waals surface area (Å²) in [4.78, 5) is 36.4. The highest BCUT2D eigenvalue weighted by Gasteiger charge is 2.34. The van der Waals surface area contributed by atoms with Crippen LogP contribution < -0.4 is 10.6 Å². The van der Waals surface area contributed by atoms with Crippen molar-refractivity contribution in [3.63, 3.8) is 0 Å². The minimum absolute atomic E-state index is 0.0133. The molecule has 0 aliphatic heterocycles. The van der Waals surface area contributed by atoms with Crippen molar-refractivity contribution < 1.29 is 24.2 Å². The van der Waals surface area contributed by atoms with Gasteiger partial charge in [-0.15, -0.1) is 0 Å². The molecule has 2 saturated carbocycles. The Kier molecular flexibility index (Phi) is 6.75. The maximum Gasteiger partial charge on any atom is 0.407 e. The second-order valence-corrected chi connectivity index (χ2v) is 10.1. The zero-order valence-electron chi connectivity index (χ0n) is 19.7. The minimum atomic E-state index is -0.787. The summed E-state index contributed by atoms with van der Waals surface area (Å²) in [5.74, 6) is -1.14. The average molecular weight is 477 g/mol. The first-order valence-corrected chi connectivity index (χ1v) is 12.6. The van der Waals surface area contributed by atoms with Crippen LogP contribution in [0.4, 0.5) is 4.79 Å². The van der Waals surface area contributed by atoms with Crippen molar-refractivity contribution in [2.45, 2.75) is 62.9 Å². The third-order valence-electron chi connectivity index (χ3n) is 7.90. The number of alkyl carbamates (subject to hydrolysis) is 1. The molecule has 2 aromatic carbocycles. The molecule has 0 heterocycles. The van der Waals surface area contributed by atoms with E-state index >= 15 is 0 Å².